The lowest BCUT2D eigenvalue weighted by molar-refractivity contribution is -0.141. The van der Waals surface area contributed by atoms with E-state index in [2.05, 4.69) is 66.3 Å². The number of ether oxygens (including phenoxy) is 3. The minimum absolute atomic E-state index is 0.0672. The predicted octanol–water partition coefficient (Wildman–Crippen LogP) is 10.6. The molecule has 11 rings (SSSR count). The Morgan fingerprint density at radius 3 is 2.38 bits per heavy atom. The number of likely N-dealkylation sites (tertiary alicyclic amines) is 3. The molecule has 7 aromatic rings. The number of methoxy groups -OCH3 is 1. The number of phenols is 1. The lowest BCUT2D eigenvalue weighted by atomic mass is 9.91. The Hall–Kier alpha value is -7.45. The molecule has 0 saturated carbocycles. The monoisotopic (exact) mass is 1120 g/mol. The number of halogens is 1. The Morgan fingerprint density at radius 2 is 1.69 bits per heavy atom. The van der Waals surface area contributed by atoms with Crippen LogP contribution < -0.4 is 19.7 Å². The highest BCUT2D eigenvalue weighted by Crippen LogP contribution is 2.39. The molecule has 2 N–H and O–H groups in total. The van der Waals surface area contributed by atoms with Gasteiger partial charge in [-0.3, -0.25) is 14.6 Å². The van der Waals surface area contributed by atoms with Crippen molar-refractivity contribution >= 4 is 56.7 Å². The van der Waals surface area contributed by atoms with Crippen LogP contribution in [0, 0.1) is 18.7 Å². The standard InChI is InChI=1S/C35H46N6O6S.C26H27FN4O2/c1-21(2)31(29-16-30(38-47-29)46-27-17-40(18-27)35(44)45-19-26-8-6-14-39(26)5)34(43)41-15-7-9-28(41)33(42)37-22(3)24-10-12-25(13-11-24)32-23(4)36-20-48-32;1-3-16-9-8-10-17-13-18(32)14-19(21(16)17)23-22(27)24-20(15-28-23)25(30-26(29-24)33-2)31-11-6-4-5-7-12-31/h10-13,16,20-22,26-28,31H,6-9,14-15,17-19H2,1-5H3,(H,37,42);8-10,13-15,32H,3-7,11-12H2,1-2H3. The van der Waals surface area contributed by atoms with Crippen LogP contribution in [0.15, 0.2) is 76.9 Å². The van der Waals surface area contributed by atoms with Crippen LogP contribution in [0.5, 0.6) is 17.6 Å². The van der Waals surface area contributed by atoms with Crippen molar-refractivity contribution in [3.63, 3.8) is 0 Å². The predicted molar refractivity (Wildman–Crippen MR) is 309 cm³/mol. The number of anilines is 1. The Morgan fingerprint density at radius 1 is 0.926 bits per heavy atom. The molecule has 428 valence electrons. The van der Waals surface area contributed by atoms with E-state index in [9.17, 15) is 19.5 Å². The summed E-state index contributed by atoms with van der Waals surface area (Å²) in [5, 5.41) is 19.9. The molecule has 3 aromatic carbocycles. The number of aromatic nitrogens is 5. The Labute approximate surface area is 476 Å². The summed E-state index contributed by atoms with van der Waals surface area (Å²) in [7, 11) is 3.54. The average molecular weight is 1130 g/mol. The van der Waals surface area contributed by atoms with Crippen LogP contribution >= 0.6 is 11.3 Å². The fourth-order valence-electron chi connectivity index (χ4n) is 11.7. The fraction of sp³-hybridized carbons (Fsp3) is 0.475. The number of phenolic OH excluding ortho intramolecular Hbond substituents is 1. The molecule has 4 aliphatic rings. The van der Waals surface area contributed by atoms with Crippen LogP contribution in [0.25, 0.3) is 43.4 Å². The minimum atomic E-state index is -0.620. The molecule has 4 unspecified atom stereocenters. The summed E-state index contributed by atoms with van der Waals surface area (Å²) in [5.74, 6) is -0.186. The number of carbonyl (C=O) groups excluding carboxylic acids is 3. The molecule has 4 saturated heterocycles. The average Bonchev–Trinajstić information content (AvgIpc) is 4.39. The van der Waals surface area contributed by atoms with E-state index < -0.39 is 17.8 Å². The molecule has 4 aliphatic heterocycles. The fourth-order valence-corrected chi connectivity index (χ4v) is 12.5. The molecular weight excluding hydrogens is 1050 g/mol. The molecule has 8 heterocycles. The van der Waals surface area contributed by atoms with Gasteiger partial charge in [-0.25, -0.2) is 14.2 Å². The summed E-state index contributed by atoms with van der Waals surface area (Å²) in [5.41, 5.74) is 6.88. The topological polar surface area (TPSA) is 202 Å². The molecule has 4 atom stereocenters. The van der Waals surface area contributed by atoms with Gasteiger partial charge in [0.15, 0.2) is 11.6 Å². The van der Waals surface area contributed by atoms with Gasteiger partial charge in [-0.1, -0.05) is 76.1 Å². The molecule has 0 spiro atoms. The quantitative estimate of drug-likeness (QED) is 0.0981. The number of rotatable bonds is 15. The highest BCUT2D eigenvalue weighted by atomic mass is 32.1. The number of likely N-dealkylation sites (N-methyl/N-ethyl adjacent to an activating group) is 1. The maximum absolute atomic E-state index is 16.1. The van der Waals surface area contributed by atoms with Crippen molar-refractivity contribution < 1.29 is 42.6 Å². The number of aromatic hydroxyl groups is 1. The van der Waals surface area contributed by atoms with E-state index in [1.54, 1.807) is 45.5 Å². The van der Waals surface area contributed by atoms with Gasteiger partial charge in [-0.05, 0) is 123 Å². The lowest BCUT2D eigenvalue weighted by Crippen LogP contribution is -2.56. The molecular formula is C61H73FN10O8S. The molecule has 4 fully saturated rings. The summed E-state index contributed by atoms with van der Waals surface area (Å²) < 4.78 is 38.5. The number of amides is 3. The van der Waals surface area contributed by atoms with E-state index in [1.165, 1.54) is 20.0 Å². The second kappa shape index (κ2) is 25.1. The summed E-state index contributed by atoms with van der Waals surface area (Å²) in [4.78, 5) is 66.6. The van der Waals surface area contributed by atoms with Gasteiger partial charge < -0.3 is 48.8 Å². The SMILES string of the molecule is CCc1cccc2cc(O)cc(-c3ncc4c(N5CCCCCC5)nc(OC)nc4c3F)c12.Cc1ncsc1-c1ccc(C(C)NC(=O)C2CCCN2C(=O)C(c2cc(OC3CN(C(=O)OCC4CCCN4C)C3)no2)C(C)C)cc1. The second-order valence-corrected chi connectivity index (χ2v) is 22.9. The van der Waals surface area contributed by atoms with E-state index in [0.717, 1.165) is 96.2 Å². The molecule has 81 heavy (non-hydrogen) atoms. The third kappa shape index (κ3) is 12.4. The van der Waals surface area contributed by atoms with Crippen LogP contribution in [0.4, 0.5) is 15.0 Å². The summed E-state index contributed by atoms with van der Waals surface area (Å²) in [6, 6.07) is 18.6. The van der Waals surface area contributed by atoms with Crippen LogP contribution in [-0.4, -0.2) is 141 Å². The normalized spacial score (nSPS) is 18.6. The van der Waals surface area contributed by atoms with Gasteiger partial charge in [0, 0.05) is 43.5 Å². The zero-order valence-corrected chi connectivity index (χ0v) is 48.1. The highest BCUT2D eigenvalue weighted by molar-refractivity contribution is 7.13. The summed E-state index contributed by atoms with van der Waals surface area (Å²) >= 11 is 1.61. The van der Waals surface area contributed by atoms with Gasteiger partial charge in [-0.2, -0.15) is 9.97 Å². The molecule has 3 amide bonds. The lowest BCUT2D eigenvalue weighted by Gasteiger charge is -2.37. The van der Waals surface area contributed by atoms with Gasteiger partial charge in [0.25, 0.3) is 5.88 Å². The van der Waals surface area contributed by atoms with Crippen molar-refractivity contribution in [1.82, 2.24) is 45.1 Å². The van der Waals surface area contributed by atoms with Crippen LogP contribution in [0.1, 0.15) is 114 Å². The molecule has 18 nitrogen and oxygen atoms in total. The molecule has 20 heteroatoms. The number of carbonyl (C=O) groups is 3. The second-order valence-electron chi connectivity index (χ2n) is 22.1. The number of hydrogen-bond acceptors (Lipinski definition) is 16. The van der Waals surface area contributed by atoms with Crippen molar-refractivity contribution in [2.45, 2.75) is 123 Å². The largest absolute Gasteiger partial charge is 0.508 e. The maximum atomic E-state index is 16.1. The maximum Gasteiger partial charge on any atom is 0.410 e. The molecule has 0 bridgehead atoms. The van der Waals surface area contributed by atoms with Crippen molar-refractivity contribution in [3.8, 4) is 39.3 Å². The van der Waals surface area contributed by atoms with Crippen molar-refractivity contribution in [2.24, 2.45) is 5.92 Å². The van der Waals surface area contributed by atoms with Gasteiger partial charge in [-0.15, -0.1) is 11.3 Å². The zero-order chi connectivity index (χ0) is 56.9. The van der Waals surface area contributed by atoms with Gasteiger partial charge >= 0.3 is 12.1 Å². The number of fused-ring (bicyclic) bond motifs is 2. The smallest absolute Gasteiger partial charge is 0.410 e. The summed E-state index contributed by atoms with van der Waals surface area (Å²) in [6.07, 6.45) is 9.86. The van der Waals surface area contributed by atoms with E-state index in [1.807, 2.05) is 63.5 Å². The first kappa shape index (κ1) is 56.8. The number of pyridine rings is 1. The van der Waals surface area contributed by atoms with Crippen LogP contribution in [-0.2, 0) is 20.7 Å². The molecule has 4 aromatic heterocycles. The van der Waals surface area contributed by atoms with E-state index in [-0.39, 0.29) is 70.9 Å². The highest BCUT2D eigenvalue weighted by Gasteiger charge is 2.41. The first-order valence-corrected chi connectivity index (χ1v) is 29.3. The first-order chi connectivity index (χ1) is 39.2. The van der Waals surface area contributed by atoms with Crippen LogP contribution in [0.2, 0.25) is 0 Å². The van der Waals surface area contributed by atoms with Gasteiger partial charge in [0.2, 0.25) is 11.8 Å². The third-order valence-electron chi connectivity index (χ3n) is 16.2. The number of thiazole rings is 1. The van der Waals surface area contributed by atoms with Crippen molar-refractivity contribution in [3.05, 3.63) is 101 Å². The number of aryl methyl sites for hydroxylation is 2. The minimum Gasteiger partial charge on any atom is -0.508 e. The third-order valence-corrected chi connectivity index (χ3v) is 17.2. The Bertz CT molecular complexity index is 3360. The van der Waals surface area contributed by atoms with E-state index in [0.29, 0.717) is 55.2 Å². The Kier molecular flexibility index (Phi) is 17.6. The number of benzene rings is 3. The molecule has 0 radical (unpaired) electrons. The number of hydrogen-bond donors (Lipinski definition) is 2. The van der Waals surface area contributed by atoms with Crippen LogP contribution in [0.3, 0.4) is 0 Å². The zero-order valence-electron chi connectivity index (χ0n) is 47.3. The van der Waals surface area contributed by atoms with E-state index in [4.69, 9.17) is 18.7 Å². The van der Waals surface area contributed by atoms with Crippen molar-refractivity contribution in [1.29, 1.82) is 0 Å². The summed E-state index contributed by atoms with van der Waals surface area (Å²) in [6.45, 7) is 14.4. The Balaban J connectivity index is 0.000000194. The molecule has 0 aliphatic carbocycles. The first-order valence-electron chi connectivity index (χ1n) is 28.5. The number of nitrogens with one attached hydrogen (secondary N) is 1. The van der Waals surface area contributed by atoms with Gasteiger partial charge in [0.05, 0.1) is 47.7 Å². The van der Waals surface area contributed by atoms with E-state index >= 15 is 4.39 Å². The van der Waals surface area contributed by atoms with Crippen molar-refractivity contribution in [2.75, 3.05) is 64.9 Å². The van der Waals surface area contributed by atoms with Gasteiger partial charge in [0.1, 0.15) is 47.4 Å². The number of nitrogens with zero attached hydrogens (tertiary/aromatic N) is 9.